The molecule has 8 atom stereocenters. The van der Waals surface area contributed by atoms with Crippen molar-refractivity contribution in [3.05, 3.63) is 0 Å². The minimum absolute atomic E-state index is 0.104. The van der Waals surface area contributed by atoms with Crippen LogP contribution in [0.15, 0.2) is 0 Å². The van der Waals surface area contributed by atoms with Crippen molar-refractivity contribution in [3.63, 3.8) is 0 Å². The van der Waals surface area contributed by atoms with E-state index in [-0.39, 0.29) is 22.8 Å². The standard InChI is InChI=1S/C20H36P6/c1-14(2,3)13-21-26-19(16(7,8)9)22(13)18(15(4,5)6)23-20(24(19)23,25(18)26)17(10,11)12/h1-12H3. The molecule has 0 radical (unpaired) electrons. The summed E-state index contributed by atoms with van der Waals surface area (Å²) in [7, 11) is 3.13. The van der Waals surface area contributed by atoms with Gasteiger partial charge in [-0.15, -0.1) is 0 Å². The van der Waals surface area contributed by atoms with Gasteiger partial charge >= 0.3 is 0 Å². The molecule has 5 saturated heterocycles. The molecule has 6 aliphatic heterocycles. The van der Waals surface area contributed by atoms with E-state index in [4.69, 9.17) is 0 Å². The highest BCUT2D eigenvalue weighted by Crippen LogP contribution is 3.51. The maximum absolute atomic E-state index is 2.67. The van der Waals surface area contributed by atoms with Gasteiger partial charge in [-0.2, -0.15) is 0 Å². The van der Waals surface area contributed by atoms with Gasteiger partial charge in [-0.05, 0) is 64.7 Å². The van der Waals surface area contributed by atoms with Crippen LogP contribution in [0.25, 0.3) is 0 Å². The van der Waals surface area contributed by atoms with Crippen LogP contribution >= 0.6 is 45.9 Å². The molecule has 0 amide bonds. The van der Waals surface area contributed by atoms with Gasteiger partial charge in [0.2, 0.25) is 0 Å². The molecule has 146 valence electrons. The van der Waals surface area contributed by atoms with Crippen LogP contribution in [-0.2, 0) is 0 Å². The number of rotatable bonds is 0. The van der Waals surface area contributed by atoms with E-state index in [2.05, 4.69) is 88.1 Å². The molecule has 6 heteroatoms. The summed E-state index contributed by atoms with van der Waals surface area (Å²) in [4.78, 5) is 0. The molecule has 0 N–H and O–H groups in total. The van der Waals surface area contributed by atoms with E-state index >= 15 is 0 Å². The summed E-state index contributed by atoms with van der Waals surface area (Å²) in [6, 6.07) is 0. The number of hydrogen-bond acceptors (Lipinski definition) is 0. The normalized spacial score (nSPS) is 54.3. The summed E-state index contributed by atoms with van der Waals surface area (Å²) in [5.41, 5.74) is 2.08. The second-order valence-corrected chi connectivity index (χ2v) is 34.2. The van der Waals surface area contributed by atoms with E-state index < -0.39 is 0 Å². The first-order chi connectivity index (χ1) is 11.5. The van der Waals surface area contributed by atoms with Gasteiger partial charge in [0.1, 0.15) is 0 Å². The Morgan fingerprint density at radius 1 is 0.577 bits per heavy atom. The van der Waals surface area contributed by atoms with Crippen molar-refractivity contribution in [1.82, 2.24) is 0 Å². The van der Waals surface area contributed by atoms with E-state index in [9.17, 15) is 0 Å². The maximum atomic E-state index is 2.67. The van der Waals surface area contributed by atoms with Gasteiger partial charge in [0, 0.05) is 0 Å². The van der Waals surface area contributed by atoms with Crippen molar-refractivity contribution in [3.8, 4) is 0 Å². The Balaban J connectivity index is 1.82. The third kappa shape index (κ3) is 1.58. The Morgan fingerprint density at radius 2 is 1.00 bits per heavy atom. The second-order valence-electron chi connectivity index (χ2n) is 12.9. The molecule has 26 heavy (non-hydrogen) atoms. The molecule has 6 rings (SSSR count). The quantitative estimate of drug-likeness (QED) is 0.314. The van der Waals surface area contributed by atoms with Gasteiger partial charge < -0.3 is 0 Å². The van der Waals surface area contributed by atoms with Crippen molar-refractivity contribution in [2.75, 3.05) is 0 Å². The first kappa shape index (κ1) is 20.2. The van der Waals surface area contributed by atoms with E-state index in [0.29, 0.717) is 36.9 Å². The molecule has 6 heterocycles. The summed E-state index contributed by atoms with van der Waals surface area (Å²) in [5.74, 6) is 0. The monoisotopic (exact) mass is 462 g/mol. The van der Waals surface area contributed by atoms with Crippen molar-refractivity contribution >= 4 is 51.0 Å². The van der Waals surface area contributed by atoms with E-state index in [1.54, 1.807) is 0 Å². The lowest BCUT2D eigenvalue weighted by Crippen LogP contribution is -2.51. The number of hydrogen-bond donors (Lipinski definition) is 0. The molecular formula is C20H36P6. The molecule has 0 nitrogen and oxygen atoms in total. The first-order valence-electron chi connectivity index (χ1n) is 10.1. The second kappa shape index (κ2) is 4.72. The average molecular weight is 462 g/mol. The Hall–Kier alpha value is 2.32. The summed E-state index contributed by atoms with van der Waals surface area (Å²) in [6.45, 7) is 31.6. The smallest absolute Gasteiger partial charge is 0.0571 e. The molecular weight excluding hydrogens is 426 g/mol. The van der Waals surface area contributed by atoms with Gasteiger partial charge in [-0.3, -0.25) is 0 Å². The van der Waals surface area contributed by atoms with Crippen LogP contribution in [0.4, 0.5) is 0 Å². The van der Waals surface area contributed by atoms with E-state index in [0.717, 1.165) is 13.9 Å². The predicted molar refractivity (Wildman–Crippen MR) is 133 cm³/mol. The lowest BCUT2D eigenvalue weighted by molar-refractivity contribution is 0.378. The van der Waals surface area contributed by atoms with Crippen LogP contribution in [0.2, 0.25) is 0 Å². The highest BCUT2D eigenvalue weighted by molar-refractivity contribution is 8.89. The van der Waals surface area contributed by atoms with Crippen LogP contribution in [0, 0.1) is 21.7 Å². The molecule has 0 aromatic rings. The van der Waals surface area contributed by atoms with E-state index in [1.165, 1.54) is 0 Å². The zero-order valence-electron chi connectivity index (χ0n) is 18.7. The third-order valence-electron chi connectivity index (χ3n) is 7.12. The van der Waals surface area contributed by atoms with Crippen molar-refractivity contribution in [2.24, 2.45) is 21.7 Å². The fraction of sp³-hybridized carbons (Fsp3) is 0.950. The maximum Gasteiger partial charge on any atom is 0.0571 e. The Kier molecular flexibility index (Phi) is 3.67. The van der Waals surface area contributed by atoms with Gasteiger partial charge in [0.25, 0.3) is 0 Å². The summed E-state index contributed by atoms with van der Waals surface area (Å²) in [5, 5.41) is 2.07. The van der Waals surface area contributed by atoms with Crippen LogP contribution in [0.1, 0.15) is 83.1 Å². The van der Waals surface area contributed by atoms with Crippen molar-refractivity contribution in [2.45, 2.75) is 97.0 Å². The largest absolute Gasteiger partial charge is 0.0651 e. The Labute approximate surface area is 169 Å². The Morgan fingerprint density at radius 3 is 1.35 bits per heavy atom. The molecule has 0 aromatic heterocycles. The fourth-order valence-electron chi connectivity index (χ4n) is 6.35. The van der Waals surface area contributed by atoms with Gasteiger partial charge in [0.05, 0.1) is 13.9 Å². The summed E-state index contributed by atoms with van der Waals surface area (Å²) < 4.78 is 2.54. The van der Waals surface area contributed by atoms with Crippen LogP contribution in [0.5, 0.6) is 0 Å². The van der Waals surface area contributed by atoms with Crippen molar-refractivity contribution in [1.29, 1.82) is 0 Å². The Bertz CT molecular complexity index is 759. The molecule has 8 unspecified atom stereocenters. The highest BCUT2D eigenvalue weighted by atomic mass is 32.5. The molecule has 6 aliphatic rings. The highest BCUT2D eigenvalue weighted by Gasteiger charge is 3.10. The molecule has 0 saturated carbocycles. The third-order valence-corrected chi connectivity index (χ3v) is 52.4. The predicted octanol–water partition coefficient (Wildman–Crippen LogP) is 10.4. The minimum atomic E-state index is 0.104. The zero-order valence-corrected chi connectivity index (χ0v) is 24.0. The summed E-state index contributed by atoms with van der Waals surface area (Å²) >= 11 is 0. The minimum Gasteiger partial charge on any atom is -0.0651 e. The molecule has 0 aromatic carbocycles. The molecule has 5 bridgehead atoms. The topological polar surface area (TPSA) is 0 Å². The first-order valence-corrected chi connectivity index (χ1v) is 19.8. The molecule has 0 spiro atoms. The zero-order chi connectivity index (χ0) is 19.7. The lowest BCUT2D eigenvalue weighted by Gasteiger charge is -2.65. The average Bonchev–Trinajstić information content (AvgIpc) is 2.66. The van der Waals surface area contributed by atoms with Crippen LogP contribution < -0.4 is 0 Å². The van der Waals surface area contributed by atoms with Crippen LogP contribution in [0.3, 0.4) is 0 Å². The van der Waals surface area contributed by atoms with Crippen molar-refractivity contribution < 1.29 is 0 Å². The molecule has 0 aliphatic carbocycles. The van der Waals surface area contributed by atoms with Crippen LogP contribution in [-0.4, -0.2) is 18.9 Å². The van der Waals surface area contributed by atoms with Gasteiger partial charge in [0.15, 0.2) is 0 Å². The van der Waals surface area contributed by atoms with Gasteiger partial charge in [-0.1, -0.05) is 91.0 Å². The van der Waals surface area contributed by atoms with Gasteiger partial charge in [-0.25, -0.2) is 0 Å². The SMILES string of the molecule is CC(C)(C)C1=PP2P3C4(C(C)(C)C)P1C2(C(C)(C)C)P1P4C13C(C)(C)C. The summed E-state index contributed by atoms with van der Waals surface area (Å²) in [6.07, 6.45) is 0. The lowest BCUT2D eigenvalue weighted by atomic mass is 9.97. The molecule has 5 fully saturated rings. The fourth-order valence-corrected chi connectivity index (χ4v) is 85.5. The van der Waals surface area contributed by atoms with E-state index in [1.807, 2.05) is 7.89 Å².